The third-order valence-electron chi connectivity index (χ3n) is 4.14. The van der Waals surface area contributed by atoms with Crippen LogP contribution in [0.3, 0.4) is 0 Å². The monoisotopic (exact) mass is 403 g/mol. The first-order valence-electron chi connectivity index (χ1n) is 8.93. The molecule has 6 nitrogen and oxygen atoms in total. The summed E-state index contributed by atoms with van der Waals surface area (Å²) in [4.78, 5) is 23.7. The highest BCUT2D eigenvalue weighted by atomic mass is 35.5. The fraction of sp³-hybridized carbons (Fsp3) is 0.333. The second kappa shape index (κ2) is 8.52. The summed E-state index contributed by atoms with van der Waals surface area (Å²) in [5.41, 5.74) is 1.59. The third kappa shape index (κ3) is 5.39. The minimum Gasteiger partial charge on any atom is -0.483 e. The van der Waals surface area contributed by atoms with Crippen molar-refractivity contribution in [1.82, 2.24) is 5.32 Å². The third-order valence-corrected chi connectivity index (χ3v) is 4.38. The molecular weight excluding hydrogens is 382 g/mol. The van der Waals surface area contributed by atoms with Crippen molar-refractivity contribution in [2.24, 2.45) is 0 Å². The van der Waals surface area contributed by atoms with Gasteiger partial charge in [0.05, 0.1) is 0 Å². The van der Waals surface area contributed by atoms with E-state index in [1.54, 1.807) is 24.3 Å². The second-order valence-corrected chi connectivity index (χ2v) is 7.58. The number of rotatable bonds is 7. The molecule has 1 aliphatic rings. The lowest BCUT2D eigenvalue weighted by atomic mass is 10.0. The molecule has 7 heteroatoms. The summed E-state index contributed by atoms with van der Waals surface area (Å²) in [6.45, 7) is 3.61. The normalized spacial score (nSPS) is 14.0. The van der Waals surface area contributed by atoms with E-state index in [1.807, 2.05) is 32.0 Å². The first-order valence-corrected chi connectivity index (χ1v) is 9.31. The number of carbonyl (C=O) groups excluding carboxylic acids is 2. The Balaban J connectivity index is 1.42. The zero-order valence-corrected chi connectivity index (χ0v) is 16.5. The van der Waals surface area contributed by atoms with E-state index in [4.69, 9.17) is 25.8 Å². The Morgan fingerprint density at radius 1 is 1.18 bits per heavy atom. The van der Waals surface area contributed by atoms with Crippen LogP contribution in [0, 0.1) is 0 Å². The molecule has 148 valence electrons. The average molecular weight is 404 g/mol. The van der Waals surface area contributed by atoms with Crippen molar-refractivity contribution in [3.05, 3.63) is 58.6 Å². The van der Waals surface area contributed by atoms with E-state index in [-0.39, 0.29) is 18.8 Å². The molecule has 1 aliphatic heterocycles. The zero-order valence-electron chi connectivity index (χ0n) is 15.8. The van der Waals surface area contributed by atoms with Gasteiger partial charge in [-0.15, -0.1) is 0 Å². The lowest BCUT2D eigenvalue weighted by Crippen LogP contribution is -2.29. The number of hydrogen-bond donors (Lipinski definition) is 1. The van der Waals surface area contributed by atoms with Gasteiger partial charge in [-0.05, 0) is 37.6 Å². The summed E-state index contributed by atoms with van der Waals surface area (Å²) < 4.78 is 16.4. The summed E-state index contributed by atoms with van der Waals surface area (Å²) in [7, 11) is 0. The van der Waals surface area contributed by atoms with Gasteiger partial charge in [-0.25, -0.2) is 4.79 Å². The van der Waals surface area contributed by atoms with Crippen LogP contribution in [-0.2, 0) is 27.3 Å². The molecule has 0 aliphatic carbocycles. The zero-order chi connectivity index (χ0) is 20.1. The first-order chi connectivity index (χ1) is 13.3. The number of esters is 1. The molecule has 0 saturated carbocycles. The number of benzene rings is 2. The van der Waals surface area contributed by atoms with Gasteiger partial charge in [-0.1, -0.05) is 35.9 Å². The number of nitrogens with one attached hydrogen (secondary N) is 1. The number of carbonyl (C=O) groups is 2. The molecule has 0 unspecified atom stereocenters. The van der Waals surface area contributed by atoms with E-state index in [1.165, 1.54) is 0 Å². The molecule has 1 N–H and O–H groups in total. The molecule has 0 atom stereocenters. The molecule has 2 aromatic carbocycles. The van der Waals surface area contributed by atoms with Crippen molar-refractivity contribution in [1.29, 1.82) is 0 Å². The molecule has 0 saturated heterocycles. The molecule has 1 amide bonds. The Bertz CT molecular complexity index is 881. The predicted octanol–water partition coefficient (Wildman–Crippen LogP) is 3.29. The SMILES string of the molecule is CC1(C)Cc2cccc(OCC(=O)OCC(=O)NCc3cccc(Cl)c3)c2O1. The van der Waals surface area contributed by atoms with E-state index in [0.717, 1.165) is 17.5 Å². The minimum absolute atomic E-state index is 0.302. The Morgan fingerprint density at radius 2 is 1.96 bits per heavy atom. The highest BCUT2D eigenvalue weighted by Gasteiger charge is 2.32. The fourth-order valence-electron chi connectivity index (χ4n) is 2.92. The molecule has 2 aromatic rings. The maximum absolute atomic E-state index is 11.9. The van der Waals surface area contributed by atoms with Crippen molar-refractivity contribution >= 4 is 23.5 Å². The van der Waals surface area contributed by atoms with Gasteiger partial charge in [-0.3, -0.25) is 4.79 Å². The Kier molecular flexibility index (Phi) is 6.09. The van der Waals surface area contributed by atoms with Crippen LogP contribution in [0.1, 0.15) is 25.0 Å². The maximum Gasteiger partial charge on any atom is 0.344 e. The van der Waals surface area contributed by atoms with Gasteiger partial charge in [-0.2, -0.15) is 0 Å². The number of hydrogen-bond acceptors (Lipinski definition) is 5. The van der Waals surface area contributed by atoms with Crippen LogP contribution in [0.2, 0.25) is 5.02 Å². The first kappa shape index (κ1) is 20.0. The molecule has 1 heterocycles. The number of para-hydroxylation sites is 1. The number of ether oxygens (including phenoxy) is 3. The topological polar surface area (TPSA) is 73.9 Å². The lowest BCUT2D eigenvalue weighted by molar-refractivity contribution is -0.150. The lowest BCUT2D eigenvalue weighted by Gasteiger charge is -2.18. The van der Waals surface area contributed by atoms with Gasteiger partial charge in [0.1, 0.15) is 5.60 Å². The smallest absolute Gasteiger partial charge is 0.344 e. The molecular formula is C21H22ClNO5. The Hall–Kier alpha value is -2.73. The quantitative estimate of drug-likeness (QED) is 0.718. The number of amides is 1. The Morgan fingerprint density at radius 3 is 2.75 bits per heavy atom. The molecule has 0 radical (unpaired) electrons. The summed E-state index contributed by atoms with van der Waals surface area (Å²) in [6, 6.07) is 12.7. The second-order valence-electron chi connectivity index (χ2n) is 7.14. The van der Waals surface area contributed by atoms with Crippen molar-refractivity contribution in [3.8, 4) is 11.5 Å². The van der Waals surface area contributed by atoms with Crippen LogP contribution in [0.4, 0.5) is 0 Å². The maximum atomic E-state index is 11.9. The van der Waals surface area contributed by atoms with Crippen LogP contribution >= 0.6 is 11.6 Å². The van der Waals surface area contributed by atoms with Crippen molar-refractivity contribution in [2.75, 3.05) is 13.2 Å². The minimum atomic E-state index is -0.632. The highest BCUT2D eigenvalue weighted by Crippen LogP contribution is 2.41. The van der Waals surface area contributed by atoms with Gasteiger partial charge >= 0.3 is 5.97 Å². The van der Waals surface area contributed by atoms with Gasteiger partial charge in [0.2, 0.25) is 0 Å². The summed E-state index contributed by atoms with van der Waals surface area (Å²) in [5, 5.41) is 3.26. The van der Waals surface area contributed by atoms with Crippen molar-refractivity contribution < 1.29 is 23.8 Å². The van der Waals surface area contributed by atoms with E-state index < -0.39 is 11.9 Å². The van der Waals surface area contributed by atoms with E-state index in [0.29, 0.717) is 23.1 Å². The molecule has 0 aromatic heterocycles. The van der Waals surface area contributed by atoms with Gasteiger partial charge < -0.3 is 19.5 Å². The molecule has 0 bridgehead atoms. The molecule has 3 rings (SSSR count). The Labute approximate surface area is 168 Å². The summed E-state index contributed by atoms with van der Waals surface area (Å²) in [5.74, 6) is 0.108. The van der Waals surface area contributed by atoms with Gasteiger partial charge in [0.25, 0.3) is 5.91 Å². The predicted molar refractivity (Wildman–Crippen MR) is 105 cm³/mol. The average Bonchev–Trinajstić information content (AvgIpc) is 2.97. The van der Waals surface area contributed by atoms with Gasteiger partial charge in [0, 0.05) is 23.6 Å². The largest absolute Gasteiger partial charge is 0.483 e. The summed E-state index contributed by atoms with van der Waals surface area (Å²) >= 11 is 5.89. The molecule has 0 fully saturated rings. The number of halogens is 1. The van der Waals surface area contributed by atoms with E-state index >= 15 is 0 Å². The number of fused-ring (bicyclic) bond motifs is 1. The van der Waals surface area contributed by atoms with Gasteiger partial charge in [0.15, 0.2) is 24.7 Å². The molecule has 28 heavy (non-hydrogen) atoms. The van der Waals surface area contributed by atoms with Crippen LogP contribution in [0.15, 0.2) is 42.5 Å². The van der Waals surface area contributed by atoms with Crippen molar-refractivity contribution in [2.45, 2.75) is 32.4 Å². The van der Waals surface area contributed by atoms with Crippen LogP contribution < -0.4 is 14.8 Å². The fourth-order valence-corrected chi connectivity index (χ4v) is 3.14. The van der Waals surface area contributed by atoms with Crippen LogP contribution in [0.25, 0.3) is 0 Å². The standard InChI is InChI=1S/C21H22ClNO5/c1-21(2)10-15-6-4-8-17(20(15)28-21)26-13-19(25)27-12-18(24)23-11-14-5-3-7-16(22)9-14/h3-9H,10-13H2,1-2H3,(H,23,24). The van der Waals surface area contributed by atoms with Crippen molar-refractivity contribution in [3.63, 3.8) is 0 Å². The highest BCUT2D eigenvalue weighted by molar-refractivity contribution is 6.30. The van der Waals surface area contributed by atoms with Crippen LogP contribution in [-0.4, -0.2) is 30.7 Å². The summed E-state index contributed by atoms with van der Waals surface area (Å²) in [6.07, 6.45) is 0.775. The molecule has 0 spiro atoms. The van der Waals surface area contributed by atoms with E-state index in [9.17, 15) is 9.59 Å². The van der Waals surface area contributed by atoms with E-state index in [2.05, 4.69) is 5.32 Å². The van der Waals surface area contributed by atoms with Crippen LogP contribution in [0.5, 0.6) is 11.5 Å².